The predicted molar refractivity (Wildman–Crippen MR) is 87.5 cm³/mol. The zero-order chi connectivity index (χ0) is 16.2. The van der Waals surface area contributed by atoms with Crippen molar-refractivity contribution in [3.63, 3.8) is 0 Å². The van der Waals surface area contributed by atoms with Crippen molar-refractivity contribution < 1.29 is 17.6 Å². The number of urea groups is 1. The average Bonchev–Trinajstić information content (AvgIpc) is 2.69. The van der Waals surface area contributed by atoms with Crippen LogP contribution in [-0.2, 0) is 15.6 Å². The van der Waals surface area contributed by atoms with Crippen molar-refractivity contribution in [3.8, 4) is 0 Å². The molecule has 5 nitrogen and oxygen atoms in total. The number of rotatable bonds is 3. The van der Waals surface area contributed by atoms with Crippen LogP contribution in [0, 0.1) is 5.82 Å². The summed E-state index contributed by atoms with van der Waals surface area (Å²) in [5.41, 5.74) is 0.434. The minimum atomic E-state index is -3.29. The van der Waals surface area contributed by atoms with Crippen LogP contribution in [0.25, 0.3) is 0 Å². The van der Waals surface area contributed by atoms with E-state index in [2.05, 4.69) is 5.32 Å². The Balaban J connectivity index is 2.03. The molecule has 0 unspecified atom stereocenters. The van der Waals surface area contributed by atoms with E-state index in [4.69, 9.17) is 0 Å². The first-order chi connectivity index (χ1) is 10.3. The quantitative estimate of drug-likeness (QED) is 0.912. The Morgan fingerprint density at radius 3 is 2.82 bits per heavy atom. The minimum Gasteiger partial charge on any atom is -0.324 e. The Bertz CT molecular complexity index is 641. The van der Waals surface area contributed by atoms with E-state index in [0.29, 0.717) is 18.8 Å². The summed E-state index contributed by atoms with van der Waals surface area (Å²) in [5.74, 6) is 0.957. The average molecular weight is 346 g/mol. The Labute approximate surface area is 134 Å². The van der Waals surface area contributed by atoms with Crippen LogP contribution < -0.4 is 5.32 Å². The molecule has 1 aromatic rings. The van der Waals surface area contributed by atoms with E-state index in [9.17, 15) is 17.6 Å². The van der Waals surface area contributed by atoms with Gasteiger partial charge in [-0.05, 0) is 24.3 Å². The highest BCUT2D eigenvalue weighted by Gasteiger charge is 2.16. The van der Waals surface area contributed by atoms with Gasteiger partial charge >= 0.3 is 6.03 Å². The van der Waals surface area contributed by atoms with Gasteiger partial charge in [0.1, 0.15) is 5.82 Å². The van der Waals surface area contributed by atoms with E-state index in [1.165, 1.54) is 12.1 Å². The number of halogens is 1. The van der Waals surface area contributed by atoms with E-state index in [-0.39, 0.29) is 17.3 Å². The molecule has 0 bridgehead atoms. The van der Waals surface area contributed by atoms with E-state index in [1.54, 1.807) is 4.90 Å². The first-order valence-corrected chi connectivity index (χ1v) is 10.2. The lowest BCUT2D eigenvalue weighted by atomic mass is 10.2. The van der Waals surface area contributed by atoms with Crippen molar-refractivity contribution >= 4 is 33.3 Å². The topological polar surface area (TPSA) is 66.5 Å². The summed E-state index contributed by atoms with van der Waals surface area (Å²) in [7, 11) is -3.29. The number of nitrogens with one attached hydrogen (secondary N) is 1. The second-order valence-electron chi connectivity index (χ2n) is 5.26. The molecule has 1 saturated heterocycles. The second-order valence-corrected chi connectivity index (χ2v) is 8.62. The summed E-state index contributed by atoms with van der Waals surface area (Å²) in [5, 5.41) is 2.66. The SMILES string of the molecule is CS(=O)(=O)Cc1ccc(NC(=O)N2CCCSCC2)cc1F. The molecule has 1 heterocycles. The van der Waals surface area contributed by atoms with Gasteiger partial charge in [-0.2, -0.15) is 11.8 Å². The summed E-state index contributed by atoms with van der Waals surface area (Å²) in [6.07, 6.45) is 2.00. The molecule has 1 aromatic carbocycles. The van der Waals surface area contributed by atoms with E-state index in [0.717, 1.165) is 30.2 Å². The number of amides is 2. The highest BCUT2D eigenvalue weighted by molar-refractivity contribution is 7.99. The summed E-state index contributed by atoms with van der Waals surface area (Å²) in [4.78, 5) is 13.8. The molecule has 122 valence electrons. The van der Waals surface area contributed by atoms with Gasteiger partial charge in [-0.1, -0.05) is 6.07 Å². The Morgan fingerprint density at radius 1 is 1.36 bits per heavy atom. The normalized spacial score (nSPS) is 16.2. The lowest BCUT2D eigenvalue weighted by Crippen LogP contribution is -2.36. The van der Waals surface area contributed by atoms with E-state index >= 15 is 0 Å². The lowest BCUT2D eigenvalue weighted by Gasteiger charge is -2.20. The van der Waals surface area contributed by atoms with Gasteiger partial charge in [0.25, 0.3) is 0 Å². The molecule has 1 aliphatic rings. The molecule has 2 rings (SSSR count). The van der Waals surface area contributed by atoms with Crippen molar-refractivity contribution in [1.29, 1.82) is 0 Å². The largest absolute Gasteiger partial charge is 0.324 e. The fraction of sp³-hybridized carbons (Fsp3) is 0.500. The Kier molecular flexibility index (Phi) is 5.69. The van der Waals surface area contributed by atoms with Crippen LogP contribution in [0.2, 0.25) is 0 Å². The smallest absolute Gasteiger partial charge is 0.321 e. The summed E-state index contributed by atoms with van der Waals surface area (Å²) in [6, 6.07) is 3.82. The Hall–Kier alpha value is -1.28. The molecular weight excluding hydrogens is 327 g/mol. The number of carbonyl (C=O) groups excluding carboxylic acids is 1. The van der Waals surface area contributed by atoms with Crippen LogP contribution in [0.3, 0.4) is 0 Å². The maximum Gasteiger partial charge on any atom is 0.321 e. The minimum absolute atomic E-state index is 0.103. The van der Waals surface area contributed by atoms with Crippen LogP contribution in [-0.4, -0.2) is 50.2 Å². The van der Waals surface area contributed by atoms with E-state index < -0.39 is 15.7 Å². The van der Waals surface area contributed by atoms with Crippen molar-refractivity contribution in [3.05, 3.63) is 29.6 Å². The van der Waals surface area contributed by atoms with Crippen LogP contribution in [0.4, 0.5) is 14.9 Å². The maximum atomic E-state index is 13.9. The number of nitrogens with zero attached hydrogens (tertiary/aromatic N) is 1. The first kappa shape index (κ1) is 17.1. The third-order valence-corrected chi connectivity index (χ3v) is 5.12. The third-order valence-electron chi connectivity index (χ3n) is 3.23. The van der Waals surface area contributed by atoms with Gasteiger partial charge < -0.3 is 10.2 Å². The molecule has 2 amide bonds. The number of carbonyl (C=O) groups is 1. The molecule has 1 aliphatic heterocycles. The number of hydrogen-bond acceptors (Lipinski definition) is 4. The van der Waals surface area contributed by atoms with Gasteiger partial charge in [-0.15, -0.1) is 0 Å². The molecule has 1 fully saturated rings. The van der Waals surface area contributed by atoms with Crippen LogP contribution in [0.1, 0.15) is 12.0 Å². The number of sulfone groups is 1. The molecule has 0 spiro atoms. The van der Waals surface area contributed by atoms with Gasteiger partial charge in [0.2, 0.25) is 0 Å². The predicted octanol–water partition coefficient (Wildman–Crippen LogP) is 2.34. The molecule has 22 heavy (non-hydrogen) atoms. The highest BCUT2D eigenvalue weighted by Crippen LogP contribution is 2.18. The van der Waals surface area contributed by atoms with Gasteiger partial charge in [0, 0.05) is 36.3 Å². The number of thioether (sulfide) groups is 1. The van der Waals surface area contributed by atoms with Crippen molar-refractivity contribution in [2.75, 3.05) is 36.2 Å². The molecule has 0 atom stereocenters. The van der Waals surface area contributed by atoms with Gasteiger partial charge in [0.15, 0.2) is 9.84 Å². The lowest BCUT2D eigenvalue weighted by molar-refractivity contribution is 0.216. The van der Waals surface area contributed by atoms with Crippen LogP contribution in [0.15, 0.2) is 18.2 Å². The van der Waals surface area contributed by atoms with Gasteiger partial charge in [-0.25, -0.2) is 17.6 Å². The molecule has 0 aliphatic carbocycles. The zero-order valence-corrected chi connectivity index (χ0v) is 14.0. The van der Waals surface area contributed by atoms with Crippen molar-refractivity contribution in [1.82, 2.24) is 4.90 Å². The van der Waals surface area contributed by atoms with Crippen LogP contribution in [0.5, 0.6) is 0 Å². The highest BCUT2D eigenvalue weighted by atomic mass is 32.2. The number of benzene rings is 1. The number of hydrogen-bond donors (Lipinski definition) is 1. The van der Waals surface area contributed by atoms with E-state index in [1.807, 2.05) is 11.8 Å². The molecular formula is C14H19FN2O3S2. The molecule has 1 N–H and O–H groups in total. The summed E-state index contributed by atoms with van der Waals surface area (Å²) in [6.45, 7) is 1.36. The van der Waals surface area contributed by atoms with Crippen LogP contribution >= 0.6 is 11.8 Å². The molecule has 0 radical (unpaired) electrons. The monoisotopic (exact) mass is 346 g/mol. The fourth-order valence-corrected chi connectivity index (χ4v) is 3.86. The standard InChI is InChI=1S/C14H19FN2O3S2/c1-22(19,20)10-11-3-4-12(9-13(11)15)16-14(18)17-5-2-7-21-8-6-17/h3-4,9H,2,5-8,10H2,1H3,(H,16,18). The summed E-state index contributed by atoms with van der Waals surface area (Å²) < 4.78 is 36.3. The van der Waals surface area contributed by atoms with Crippen molar-refractivity contribution in [2.24, 2.45) is 0 Å². The third kappa shape index (κ3) is 5.17. The molecule has 0 saturated carbocycles. The fourth-order valence-electron chi connectivity index (χ4n) is 2.18. The van der Waals surface area contributed by atoms with Gasteiger partial charge in [-0.3, -0.25) is 0 Å². The Morgan fingerprint density at radius 2 is 2.14 bits per heavy atom. The maximum absolute atomic E-state index is 13.9. The van der Waals surface area contributed by atoms with Gasteiger partial charge in [0.05, 0.1) is 5.75 Å². The second kappa shape index (κ2) is 7.32. The molecule has 8 heteroatoms. The summed E-state index contributed by atoms with van der Waals surface area (Å²) >= 11 is 1.81. The molecule has 0 aromatic heterocycles. The number of anilines is 1. The zero-order valence-electron chi connectivity index (χ0n) is 12.3. The van der Waals surface area contributed by atoms with Crippen molar-refractivity contribution in [2.45, 2.75) is 12.2 Å². The first-order valence-electron chi connectivity index (χ1n) is 6.95.